The Morgan fingerprint density at radius 2 is 1.89 bits per heavy atom. The van der Waals surface area contributed by atoms with Crippen LogP contribution < -0.4 is 10.6 Å². The van der Waals surface area contributed by atoms with Gasteiger partial charge in [0.15, 0.2) is 0 Å². The van der Waals surface area contributed by atoms with Gasteiger partial charge in [-0.15, -0.1) is 0 Å². The zero-order valence-corrected chi connectivity index (χ0v) is 11.1. The largest absolute Gasteiger partial charge is 0.343 e. The Balaban J connectivity index is 1.69. The van der Waals surface area contributed by atoms with Crippen molar-refractivity contribution in [2.24, 2.45) is 0 Å². The van der Waals surface area contributed by atoms with Crippen LogP contribution in [-0.2, 0) is 9.59 Å². The van der Waals surface area contributed by atoms with Gasteiger partial charge in [-0.3, -0.25) is 9.59 Å². The minimum atomic E-state index is -0.406. The fourth-order valence-corrected chi connectivity index (χ4v) is 2.27. The predicted molar refractivity (Wildman–Crippen MR) is 69.1 cm³/mol. The zero-order valence-electron chi connectivity index (χ0n) is 11.1. The monoisotopic (exact) mass is 253 g/mol. The number of nitrogens with zero attached hydrogens (tertiary/aromatic N) is 1. The summed E-state index contributed by atoms with van der Waals surface area (Å²) in [5, 5.41) is 5.91. The summed E-state index contributed by atoms with van der Waals surface area (Å²) in [6, 6.07) is 0.112. The summed E-state index contributed by atoms with van der Waals surface area (Å²) in [5.74, 6) is -0.0331. The molecule has 2 N–H and O–H groups in total. The van der Waals surface area contributed by atoms with Gasteiger partial charge in [-0.05, 0) is 39.0 Å². The van der Waals surface area contributed by atoms with E-state index >= 15 is 0 Å². The SMILES string of the molecule is CC(NC(=O)CNC1CC1)C(=O)N1CCCCC1. The molecule has 5 nitrogen and oxygen atoms in total. The van der Waals surface area contributed by atoms with Crippen LogP contribution in [0.25, 0.3) is 0 Å². The molecule has 0 spiro atoms. The normalized spacial score (nSPS) is 21.5. The van der Waals surface area contributed by atoms with Gasteiger partial charge >= 0.3 is 0 Å². The van der Waals surface area contributed by atoms with E-state index in [0.717, 1.165) is 38.8 Å². The molecule has 2 aliphatic rings. The standard InChI is InChI=1S/C13H23N3O2/c1-10(13(18)16-7-3-2-4-8-16)15-12(17)9-14-11-5-6-11/h10-11,14H,2-9H2,1H3,(H,15,17). The van der Waals surface area contributed by atoms with Crippen molar-refractivity contribution in [2.75, 3.05) is 19.6 Å². The summed E-state index contributed by atoms with van der Waals surface area (Å²) in [6.45, 7) is 3.76. The Bertz CT molecular complexity index is 309. The Labute approximate surface area is 108 Å². The third-order valence-electron chi connectivity index (χ3n) is 3.54. The number of rotatable bonds is 5. The quantitative estimate of drug-likeness (QED) is 0.738. The first-order chi connectivity index (χ1) is 8.66. The van der Waals surface area contributed by atoms with E-state index in [9.17, 15) is 9.59 Å². The van der Waals surface area contributed by atoms with Crippen molar-refractivity contribution in [1.82, 2.24) is 15.5 Å². The lowest BCUT2D eigenvalue weighted by molar-refractivity contribution is -0.136. The van der Waals surface area contributed by atoms with E-state index in [1.54, 1.807) is 6.92 Å². The highest BCUT2D eigenvalue weighted by Gasteiger charge is 2.25. The number of nitrogens with one attached hydrogen (secondary N) is 2. The van der Waals surface area contributed by atoms with Crippen molar-refractivity contribution >= 4 is 11.8 Å². The fraction of sp³-hybridized carbons (Fsp3) is 0.846. The smallest absolute Gasteiger partial charge is 0.244 e. The average Bonchev–Trinajstić information content (AvgIpc) is 3.20. The number of amides is 2. The molecule has 1 saturated carbocycles. The molecular formula is C13H23N3O2. The lowest BCUT2D eigenvalue weighted by Crippen LogP contribution is -2.50. The molecular weight excluding hydrogens is 230 g/mol. The summed E-state index contributed by atoms with van der Waals surface area (Å²) >= 11 is 0. The summed E-state index contributed by atoms with van der Waals surface area (Å²) < 4.78 is 0. The molecule has 1 aliphatic carbocycles. The van der Waals surface area contributed by atoms with Crippen LogP contribution in [0.2, 0.25) is 0 Å². The van der Waals surface area contributed by atoms with Crippen molar-refractivity contribution in [3.05, 3.63) is 0 Å². The first-order valence-electron chi connectivity index (χ1n) is 6.98. The van der Waals surface area contributed by atoms with Crippen LogP contribution in [0.5, 0.6) is 0 Å². The van der Waals surface area contributed by atoms with Crippen molar-refractivity contribution < 1.29 is 9.59 Å². The Morgan fingerprint density at radius 1 is 1.22 bits per heavy atom. The van der Waals surface area contributed by atoms with Crippen molar-refractivity contribution in [3.63, 3.8) is 0 Å². The first kappa shape index (κ1) is 13.3. The molecule has 18 heavy (non-hydrogen) atoms. The van der Waals surface area contributed by atoms with Gasteiger partial charge in [0, 0.05) is 19.1 Å². The van der Waals surface area contributed by atoms with E-state index in [-0.39, 0.29) is 11.8 Å². The predicted octanol–water partition coefficient (Wildman–Crippen LogP) is 0.256. The van der Waals surface area contributed by atoms with Crippen molar-refractivity contribution in [3.8, 4) is 0 Å². The van der Waals surface area contributed by atoms with Gasteiger partial charge in [-0.2, -0.15) is 0 Å². The maximum Gasteiger partial charge on any atom is 0.244 e. The summed E-state index contributed by atoms with van der Waals surface area (Å²) in [5.41, 5.74) is 0. The van der Waals surface area contributed by atoms with Gasteiger partial charge in [0.1, 0.15) is 6.04 Å². The van der Waals surface area contributed by atoms with Crippen LogP contribution >= 0.6 is 0 Å². The second-order valence-corrected chi connectivity index (χ2v) is 5.33. The Hall–Kier alpha value is -1.10. The van der Waals surface area contributed by atoms with E-state index < -0.39 is 6.04 Å². The molecule has 1 atom stereocenters. The molecule has 0 aromatic heterocycles. The van der Waals surface area contributed by atoms with Crippen LogP contribution in [0, 0.1) is 0 Å². The van der Waals surface area contributed by atoms with E-state index in [1.807, 2.05) is 4.90 Å². The third-order valence-corrected chi connectivity index (χ3v) is 3.54. The number of carbonyl (C=O) groups excluding carboxylic acids is 2. The first-order valence-corrected chi connectivity index (χ1v) is 6.98. The lowest BCUT2D eigenvalue weighted by atomic mass is 10.1. The van der Waals surface area contributed by atoms with Gasteiger partial charge in [-0.1, -0.05) is 0 Å². The maximum atomic E-state index is 12.1. The second-order valence-electron chi connectivity index (χ2n) is 5.33. The van der Waals surface area contributed by atoms with E-state index in [4.69, 9.17) is 0 Å². The van der Waals surface area contributed by atoms with Crippen LogP contribution in [0.4, 0.5) is 0 Å². The third kappa shape index (κ3) is 3.98. The molecule has 1 heterocycles. The lowest BCUT2D eigenvalue weighted by Gasteiger charge is -2.29. The van der Waals surface area contributed by atoms with Crippen molar-refractivity contribution in [1.29, 1.82) is 0 Å². The number of hydrogen-bond acceptors (Lipinski definition) is 3. The Kier molecular flexibility index (Phi) is 4.58. The molecule has 2 amide bonds. The molecule has 1 aliphatic heterocycles. The van der Waals surface area contributed by atoms with Gasteiger partial charge in [0.05, 0.1) is 6.54 Å². The van der Waals surface area contributed by atoms with Gasteiger partial charge < -0.3 is 15.5 Å². The molecule has 0 aromatic rings. The minimum Gasteiger partial charge on any atom is -0.343 e. The van der Waals surface area contributed by atoms with Gasteiger partial charge in [0.2, 0.25) is 11.8 Å². The number of piperidine rings is 1. The fourth-order valence-electron chi connectivity index (χ4n) is 2.27. The van der Waals surface area contributed by atoms with E-state index in [2.05, 4.69) is 10.6 Å². The molecule has 5 heteroatoms. The molecule has 0 radical (unpaired) electrons. The molecule has 102 valence electrons. The van der Waals surface area contributed by atoms with Crippen LogP contribution in [0.15, 0.2) is 0 Å². The number of carbonyl (C=O) groups is 2. The van der Waals surface area contributed by atoms with Crippen LogP contribution in [-0.4, -0.2) is 48.4 Å². The van der Waals surface area contributed by atoms with Crippen molar-refractivity contribution in [2.45, 2.75) is 51.1 Å². The maximum absolute atomic E-state index is 12.1. The molecule has 1 saturated heterocycles. The minimum absolute atomic E-state index is 0.0504. The Morgan fingerprint density at radius 3 is 2.50 bits per heavy atom. The van der Waals surface area contributed by atoms with Crippen LogP contribution in [0.1, 0.15) is 39.0 Å². The van der Waals surface area contributed by atoms with Gasteiger partial charge in [-0.25, -0.2) is 0 Å². The molecule has 1 unspecified atom stereocenters. The highest BCUT2D eigenvalue weighted by atomic mass is 16.2. The summed E-state index contributed by atoms with van der Waals surface area (Å²) in [7, 11) is 0. The van der Waals surface area contributed by atoms with E-state index in [1.165, 1.54) is 6.42 Å². The molecule has 0 bridgehead atoms. The molecule has 0 aromatic carbocycles. The summed E-state index contributed by atoms with van der Waals surface area (Å²) in [4.78, 5) is 25.6. The highest BCUT2D eigenvalue weighted by Crippen LogP contribution is 2.17. The van der Waals surface area contributed by atoms with Crippen LogP contribution in [0.3, 0.4) is 0 Å². The zero-order chi connectivity index (χ0) is 13.0. The highest BCUT2D eigenvalue weighted by molar-refractivity contribution is 5.88. The van der Waals surface area contributed by atoms with E-state index in [0.29, 0.717) is 12.6 Å². The molecule has 2 rings (SSSR count). The molecule has 2 fully saturated rings. The van der Waals surface area contributed by atoms with Gasteiger partial charge in [0.25, 0.3) is 0 Å². The summed E-state index contributed by atoms with van der Waals surface area (Å²) in [6.07, 6.45) is 5.69. The number of likely N-dealkylation sites (tertiary alicyclic amines) is 1. The second kappa shape index (κ2) is 6.18. The number of hydrogen-bond donors (Lipinski definition) is 2. The average molecular weight is 253 g/mol. The topological polar surface area (TPSA) is 61.4 Å².